The number of anilines is 1. The third kappa shape index (κ3) is 3.50. The Morgan fingerprint density at radius 3 is 2.81 bits per heavy atom. The normalized spacial score (nSPS) is 29.4. The Bertz CT molecular complexity index is 796. The average molecular weight is 377 g/mol. The minimum Gasteiger partial charge on any atom is -0.382 e. The second kappa shape index (κ2) is 7.28. The third-order valence-electron chi connectivity index (χ3n) is 4.94. The number of imidazole rings is 1. The maximum atomic E-state index is 6.31. The molecule has 0 aromatic carbocycles. The first-order chi connectivity index (χ1) is 13.0. The molecule has 0 radical (unpaired) electrons. The van der Waals surface area contributed by atoms with Crippen LogP contribution >= 0.6 is 0 Å². The molecule has 4 heterocycles. The molecule has 27 heavy (non-hydrogen) atoms. The lowest BCUT2D eigenvalue weighted by molar-refractivity contribution is -0.195. The number of unbranched alkanes of at least 4 members (excludes halogenated alkanes) is 1. The number of ether oxygens (including phenoxy) is 3. The van der Waals surface area contributed by atoms with Gasteiger partial charge in [-0.3, -0.25) is 4.57 Å². The predicted octanol–water partition coefficient (Wildman–Crippen LogP) is 0.155. The molecule has 2 aromatic rings. The van der Waals surface area contributed by atoms with E-state index in [1.165, 1.54) is 6.33 Å². The van der Waals surface area contributed by atoms with Crippen LogP contribution in [0.15, 0.2) is 12.7 Å². The topological polar surface area (TPSA) is 135 Å². The molecule has 148 valence electrons. The summed E-state index contributed by atoms with van der Waals surface area (Å²) < 4.78 is 20.4. The Balaban J connectivity index is 1.54. The summed E-state index contributed by atoms with van der Waals surface area (Å²) in [6, 6.07) is 0. The number of rotatable bonds is 7. The van der Waals surface area contributed by atoms with Gasteiger partial charge >= 0.3 is 0 Å². The number of aromatic nitrogens is 4. The van der Waals surface area contributed by atoms with E-state index < -0.39 is 12.0 Å². The van der Waals surface area contributed by atoms with Crippen LogP contribution in [0, 0.1) is 0 Å². The lowest BCUT2D eigenvalue weighted by Crippen LogP contribution is -2.37. The van der Waals surface area contributed by atoms with Gasteiger partial charge in [-0.25, -0.2) is 15.0 Å². The number of nitrogen functional groups attached to an aromatic ring is 1. The van der Waals surface area contributed by atoms with Crippen molar-refractivity contribution in [3.63, 3.8) is 0 Å². The number of nitrogens with one attached hydrogen (secondary N) is 1. The van der Waals surface area contributed by atoms with Crippen molar-refractivity contribution in [2.45, 2.75) is 57.0 Å². The highest BCUT2D eigenvalue weighted by molar-refractivity contribution is 5.81. The van der Waals surface area contributed by atoms with E-state index in [4.69, 9.17) is 25.7 Å². The number of hydrogen-bond acceptors (Lipinski definition) is 9. The van der Waals surface area contributed by atoms with Gasteiger partial charge in [0, 0.05) is 6.54 Å². The summed E-state index contributed by atoms with van der Waals surface area (Å²) in [6.45, 7) is 6.10. The Kier molecular flexibility index (Phi) is 4.99. The summed E-state index contributed by atoms with van der Waals surface area (Å²) in [5.41, 5.74) is 12.6. The zero-order valence-corrected chi connectivity index (χ0v) is 15.7. The van der Waals surface area contributed by atoms with Crippen molar-refractivity contribution in [3.05, 3.63) is 12.7 Å². The molecule has 0 saturated carbocycles. The Hall–Kier alpha value is -1.85. The molecule has 4 atom stereocenters. The average Bonchev–Trinajstić information content (AvgIpc) is 3.27. The molecule has 10 nitrogen and oxygen atoms in total. The zero-order chi connectivity index (χ0) is 19.0. The Morgan fingerprint density at radius 1 is 1.19 bits per heavy atom. The molecule has 2 saturated heterocycles. The molecule has 0 bridgehead atoms. The molecule has 4 rings (SSSR count). The summed E-state index contributed by atoms with van der Waals surface area (Å²) >= 11 is 0. The van der Waals surface area contributed by atoms with Crippen molar-refractivity contribution < 1.29 is 14.2 Å². The second-order valence-corrected chi connectivity index (χ2v) is 7.41. The summed E-state index contributed by atoms with van der Waals surface area (Å²) in [5, 5.41) is 3.43. The van der Waals surface area contributed by atoms with E-state index in [2.05, 4.69) is 20.3 Å². The first kappa shape index (κ1) is 18.5. The van der Waals surface area contributed by atoms with Crippen LogP contribution in [0.5, 0.6) is 0 Å². The van der Waals surface area contributed by atoms with E-state index in [1.54, 1.807) is 6.33 Å². The lowest BCUT2D eigenvalue weighted by atomic mass is 10.1. The van der Waals surface area contributed by atoms with Crippen LogP contribution < -0.4 is 16.8 Å². The predicted molar refractivity (Wildman–Crippen MR) is 98.6 cm³/mol. The van der Waals surface area contributed by atoms with Gasteiger partial charge in [-0.2, -0.15) is 0 Å². The molecular formula is C17H27N7O3. The lowest BCUT2D eigenvalue weighted by Gasteiger charge is -2.25. The summed E-state index contributed by atoms with van der Waals surface area (Å²) in [7, 11) is 0. The van der Waals surface area contributed by atoms with Gasteiger partial charge < -0.3 is 31.0 Å². The number of fused-ring (bicyclic) bond motifs is 2. The van der Waals surface area contributed by atoms with Gasteiger partial charge in [0.15, 0.2) is 23.5 Å². The maximum Gasteiger partial charge on any atom is 0.167 e. The van der Waals surface area contributed by atoms with E-state index in [1.807, 2.05) is 18.4 Å². The highest BCUT2D eigenvalue weighted by Crippen LogP contribution is 2.43. The van der Waals surface area contributed by atoms with Crippen LogP contribution in [-0.2, 0) is 14.2 Å². The number of nitrogens with zero attached hydrogens (tertiary/aromatic N) is 4. The summed E-state index contributed by atoms with van der Waals surface area (Å²) in [6.07, 6.45) is 4.16. The van der Waals surface area contributed by atoms with Crippen LogP contribution in [0.3, 0.4) is 0 Å². The van der Waals surface area contributed by atoms with Gasteiger partial charge in [0.2, 0.25) is 0 Å². The van der Waals surface area contributed by atoms with Gasteiger partial charge in [-0.1, -0.05) is 0 Å². The first-order valence-electron chi connectivity index (χ1n) is 9.35. The molecule has 0 amide bonds. The first-order valence-corrected chi connectivity index (χ1v) is 9.35. The highest BCUT2D eigenvalue weighted by atomic mass is 16.8. The monoisotopic (exact) mass is 377 g/mol. The van der Waals surface area contributed by atoms with Gasteiger partial charge in [-0.15, -0.1) is 0 Å². The fourth-order valence-electron chi connectivity index (χ4n) is 3.74. The van der Waals surface area contributed by atoms with Crippen molar-refractivity contribution >= 4 is 17.0 Å². The van der Waals surface area contributed by atoms with Crippen molar-refractivity contribution in [2.24, 2.45) is 5.73 Å². The molecule has 2 fully saturated rings. The fraction of sp³-hybridized carbons (Fsp3) is 0.706. The Labute approximate surface area is 157 Å². The number of hydrogen-bond donors (Lipinski definition) is 3. The largest absolute Gasteiger partial charge is 0.382 e. The molecule has 2 aliphatic heterocycles. The molecule has 0 spiro atoms. The van der Waals surface area contributed by atoms with Crippen LogP contribution in [0.4, 0.5) is 5.82 Å². The molecule has 2 aliphatic rings. The Morgan fingerprint density at radius 2 is 2.00 bits per heavy atom. The van der Waals surface area contributed by atoms with Crippen LogP contribution in [0.2, 0.25) is 0 Å². The fourth-order valence-corrected chi connectivity index (χ4v) is 3.74. The molecule has 2 aromatic heterocycles. The summed E-state index contributed by atoms with van der Waals surface area (Å²) in [4.78, 5) is 12.7. The second-order valence-electron chi connectivity index (χ2n) is 7.41. The van der Waals surface area contributed by atoms with E-state index in [0.717, 1.165) is 19.4 Å². The molecule has 5 N–H and O–H groups in total. The van der Waals surface area contributed by atoms with Crippen molar-refractivity contribution in [1.29, 1.82) is 0 Å². The standard InChI is InChI=1S/C17H27N7O3/c1-17(2)26-12-10(7-20-6-4-3-5-18)25-16(13(12)27-17)24-9-23-11-14(19)21-8-22-15(11)24/h8-10,12-13,16,20H,3-7,18H2,1-2H3,(H2,19,21,22)/t10-,12-,13-,16?/m1/s1. The smallest absolute Gasteiger partial charge is 0.167 e. The SMILES string of the molecule is CC1(C)O[C@@H]2[C@@H](CNCCCCN)OC(n3cnc4c(N)ncnc43)[C@@H]2O1. The molecule has 10 heteroatoms. The van der Waals surface area contributed by atoms with E-state index in [-0.39, 0.29) is 18.3 Å². The van der Waals surface area contributed by atoms with E-state index >= 15 is 0 Å². The molecule has 1 unspecified atom stereocenters. The highest BCUT2D eigenvalue weighted by Gasteiger charge is 2.55. The van der Waals surface area contributed by atoms with Crippen LogP contribution in [0.25, 0.3) is 11.2 Å². The summed E-state index contributed by atoms with van der Waals surface area (Å²) in [5.74, 6) is -0.324. The van der Waals surface area contributed by atoms with E-state index in [0.29, 0.717) is 30.1 Å². The molecular weight excluding hydrogens is 350 g/mol. The van der Waals surface area contributed by atoms with E-state index in [9.17, 15) is 0 Å². The molecule has 0 aliphatic carbocycles. The minimum atomic E-state index is -0.667. The van der Waals surface area contributed by atoms with Gasteiger partial charge in [0.1, 0.15) is 30.2 Å². The quantitative estimate of drug-likeness (QED) is 0.576. The van der Waals surface area contributed by atoms with Crippen LogP contribution in [0.1, 0.15) is 32.9 Å². The van der Waals surface area contributed by atoms with Gasteiger partial charge in [-0.05, 0) is 39.8 Å². The van der Waals surface area contributed by atoms with Gasteiger partial charge in [0.25, 0.3) is 0 Å². The van der Waals surface area contributed by atoms with Crippen molar-refractivity contribution in [3.8, 4) is 0 Å². The number of nitrogens with two attached hydrogens (primary N) is 2. The zero-order valence-electron chi connectivity index (χ0n) is 15.7. The van der Waals surface area contributed by atoms with Crippen LogP contribution in [-0.4, -0.2) is 63.3 Å². The van der Waals surface area contributed by atoms with Gasteiger partial charge in [0.05, 0.1) is 6.33 Å². The maximum absolute atomic E-state index is 6.31. The van der Waals surface area contributed by atoms with Crippen molar-refractivity contribution in [2.75, 3.05) is 25.4 Å². The third-order valence-corrected chi connectivity index (χ3v) is 4.94. The van der Waals surface area contributed by atoms with Crippen molar-refractivity contribution in [1.82, 2.24) is 24.8 Å². The minimum absolute atomic E-state index is 0.142.